The lowest BCUT2D eigenvalue weighted by molar-refractivity contribution is -0.137. The van der Waals surface area contributed by atoms with Crippen LogP contribution in [-0.4, -0.2) is 37.7 Å². The minimum Gasteiger partial charge on any atom is -0.381 e. The van der Waals surface area contributed by atoms with E-state index in [1.807, 2.05) is 0 Å². The standard InChI is InChI=1S/C24H23F4NOS/c25-18-2-3-19-22(12-18)31-21-4-1-17(24(26,27)28)11-20(21)23(19)16-5-8-29(9-6-16)13-15-7-10-30-14-15/h1-4,11-12,15H,5-10,13-14H2. The molecule has 0 aliphatic carbocycles. The Morgan fingerprint density at radius 2 is 1.81 bits per heavy atom. The highest BCUT2D eigenvalue weighted by Crippen LogP contribution is 2.49. The van der Waals surface area contributed by atoms with E-state index < -0.39 is 11.7 Å². The van der Waals surface area contributed by atoms with Crippen molar-refractivity contribution in [2.45, 2.75) is 35.2 Å². The van der Waals surface area contributed by atoms with Crippen molar-refractivity contribution in [3.8, 4) is 0 Å². The molecule has 1 atom stereocenters. The molecule has 1 unspecified atom stereocenters. The van der Waals surface area contributed by atoms with Gasteiger partial charge in [0.2, 0.25) is 0 Å². The van der Waals surface area contributed by atoms with Crippen molar-refractivity contribution in [2.75, 3.05) is 32.8 Å². The molecule has 5 rings (SSSR count). The number of halogens is 4. The Balaban J connectivity index is 1.51. The lowest BCUT2D eigenvalue weighted by Crippen LogP contribution is -2.35. The molecule has 0 amide bonds. The summed E-state index contributed by atoms with van der Waals surface area (Å²) in [5.41, 5.74) is 2.83. The van der Waals surface area contributed by atoms with Gasteiger partial charge < -0.3 is 9.64 Å². The van der Waals surface area contributed by atoms with Crippen molar-refractivity contribution in [3.05, 3.63) is 64.5 Å². The van der Waals surface area contributed by atoms with Crippen LogP contribution in [0.3, 0.4) is 0 Å². The number of fused-ring (bicyclic) bond motifs is 2. The molecule has 2 fully saturated rings. The van der Waals surface area contributed by atoms with Gasteiger partial charge in [-0.15, -0.1) is 0 Å². The minimum atomic E-state index is -4.40. The number of benzene rings is 2. The topological polar surface area (TPSA) is 12.5 Å². The van der Waals surface area contributed by atoms with Gasteiger partial charge in [0.1, 0.15) is 5.82 Å². The van der Waals surface area contributed by atoms with Crippen LogP contribution in [0.4, 0.5) is 17.6 Å². The molecule has 0 spiro atoms. The fraction of sp³-hybridized carbons (Fsp3) is 0.417. The van der Waals surface area contributed by atoms with Crippen molar-refractivity contribution in [1.29, 1.82) is 0 Å². The molecule has 31 heavy (non-hydrogen) atoms. The third-order valence-corrected chi connectivity index (χ3v) is 7.50. The summed E-state index contributed by atoms with van der Waals surface area (Å²) in [6.45, 7) is 4.42. The third-order valence-electron chi connectivity index (χ3n) is 6.36. The molecule has 3 aliphatic rings. The average Bonchev–Trinajstić information content (AvgIpc) is 3.24. The first-order valence-electron chi connectivity index (χ1n) is 10.6. The highest BCUT2D eigenvalue weighted by atomic mass is 32.2. The second kappa shape index (κ2) is 8.26. The summed E-state index contributed by atoms with van der Waals surface area (Å²) in [5, 5.41) is 0. The number of rotatable bonds is 2. The van der Waals surface area contributed by atoms with Crippen LogP contribution in [0.1, 0.15) is 36.0 Å². The number of hydrogen-bond donors (Lipinski definition) is 0. The molecule has 0 saturated carbocycles. The number of nitrogens with zero attached hydrogens (tertiary/aromatic N) is 1. The van der Waals surface area contributed by atoms with E-state index in [4.69, 9.17) is 4.74 Å². The number of likely N-dealkylation sites (tertiary alicyclic amines) is 1. The van der Waals surface area contributed by atoms with Gasteiger partial charge in [0.25, 0.3) is 0 Å². The van der Waals surface area contributed by atoms with E-state index in [9.17, 15) is 17.6 Å². The second-order valence-corrected chi connectivity index (χ2v) is 9.54. The summed E-state index contributed by atoms with van der Waals surface area (Å²) < 4.78 is 59.7. The SMILES string of the molecule is Fc1ccc2c(c1)Sc1ccc(C(F)(F)F)cc1C2=C1CCN(CC2CCOC2)CC1. The zero-order chi connectivity index (χ0) is 21.6. The Morgan fingerprint density at radius 3 is 2.52 bits per heavy atom. The highest BCUT2D eigenvalue weighted by molar-refractivity contribution is 7.99. The number of alkyl halides is 3. The van der Waals surface area contributed by atoms with Crippen molar-refractivity contribution in [2.24, 2.45) is 5.92 Å². The Hall–Kier alpha value is -1.83. The maximum Gasteiger partial charge on any atom is 0.416 e. The fourth-order valence-electron chi connectivity index (χ4n) is 4.77. The lowest BCUT2D eigenvalue weighted by Gasteiger charge is -2.33. The van der Waals surface area contributed by atoms with E-state index in [0.29, 0.717) is 11.5 Å². The zero-order valence-electron chi connectivity index (χ0n) is 17.0. The Kier molecular flexibility index (Phi) is 5.61. The maximum atomic E-state index is 13.9. The normalized spacial score (nSPS) is 21.9. The summed E-state index contributed by atoms with van der Waals surface area (Å²) in [6.07, 6.45) is -1.69. The summed E-state index contributed by atoms with van der Waals surface area (Å²) in [7, 11) is 0. The van der Waals surface area contributed by atoms with Crippen LogP contribution in [0.25, 0.3) is 5.57 Å². The third kappa shape index (κ3) is 4.28. The van der Waals surface area contributed by atoms with E-state index in [-0.39, 0.29) is 5.82 Å². The summed E-state index contributed by atoms with van der Waals surface area (Å²) in [5.74, 6) is 0.235. The number of hydrogen-bond acceptors (Lipinski definition) is 3. The van der Waals surface area contributed by atoms with Gasteiger partial charge in [-0.05, 0) is 72.2 Å². The van der Waals surface area contributed by atoms with Gasteiger partial charge in [-0.1, -0.05) is 23.4 Å². The average molecular weight is 450 g/mol. The van der Waals surface area contributed by atoms with Gasteiger partial charge in [-0.3, -0.25) is 0 Å². The smallest absolute Gasteiger partial charge is 0.381 e. The summed E-state index contributed by atoms with van der Waals surface area (Å²) in [6, 6.07) is 8.49. The minimum absolute atomic E-state index is 0.334. The van der Waals surface area contributed by atoms with Gasteiger partial charge >= 0.3 is 6.18 Å². The molecule has 7 heteroatoms. The first-order chi connectivity index (χ1) is 14.9. The van der Waals surface area contributed by atoms with Gasteiger partial charge in [-0.2, -0.15) is 13.2 Å². The Morgan fingerprint density at radius 1 is 1.00 bits per heavy atom. The van der Waals surface area contributed by atoms with Crippen LogP contribution in [0.5, 0.6) is 0 Å². The van der Waals surface area contributed by atoms with E-state index in [1.165, 1.54) is 36.0 Å². The van der Waals surface area contributed by atoms with Gasteiger partial charge in [0.15, 0.2) is 0 Å². The van der Waals surface area contributed by atoms with Crippen LogP contribution < -0.4 is 0 Å². The van der Waals surface area contributed by atoms with E-state index in [1.54, 1.807) is 6.07 Å². The molecular formula is C24H23F4NOS. The Labute approximate surface area is 183 Å². The van der Waals surface area contributed by atoms with Crippen molar-refractivity contribution in [1.82, 2.24) is 4.90 Å². The summed E-state index contributed by atoms with van der Waals surface area (Å²) >= 11 is 1.34. The molecule has 2 aromatic carbocycles. The number of ether oxygens (including phenoxy) is 1. The predicted octanol–water partition coefficient (Wildman–Crippen LogP) is 6.24. The molecular weight excluding hydrogens is 426 g/mol. The molecule has 0 bridgehead atoms. The van der Waals surface area contributed by atoms with Crippen molar-refractivity contribution in [3.63, 3.8) is 0 Å². The quantitative estimate of drug-likeness (QED) is 0.430. The highest BCUT2D eigenvalue weighted by Gasteiger charge is 2.34. The second-order valence-electron chi connectivity index (χ2n) is 8.46. The monoisotopic (exact) mass is 449 g/mol. The molecule has 3 aliphatic heterocycles. The molecule has 3 heterocycles. The van der Waals surface area contributed by atoms with E-state index >= 15 is 0 Å². The van der Waals surface area contributed by atoms with Crippen LogP contribution in [0.2, 0.25) is 0 Å². The van der Waals surface area contributed by atoms with Crippen molar-refractivity contribution < 1.29 is 22.3 Å². The lowest BCUT2D eigenvalue weighted by atomic mass is 9.87. The van der Waals surface area contributed by atoms with Crippen LogP contribution in [0.15, 0.2) is 51.8 Å². The first kappa shape index (κ1) is 21.0. The Bertz CT molecular complexity index is 1020. The maximum absolute atomic E-state index is 13.9. The van der Waals surface area contributed by atoms with E-state index in [2.05, 4.69) is 4.90 Å². The summed E-state index contributed by atoms with van der Waals surface area (Å²) in [4.78, 5) is 3.94. The van der Waals surface area contributed by atoms with E-state index in [0.717, 1.165) is 84.7 Å². The molecule has 2 nitrogen and oxygen atoms in total. The van der Waals surface area contributed by atoms with Crippen LogP contribution >= 0.6 is 11.8 Å². The molecule has 0 aromatic heterocycles. The van der Waals surface area contributed by atoms with Gasteiger partial charge in [0, 0.05) is 36.0 Å². The van der Waals surface area contributed by atoms with Gasteiger partial charge in [0.05, 0.1) is 12.2 Å². The van der Waals surface area contributed by atoms with Crippen LogP contribution in [-0.2, 0) is 10.9 Å². The van der Waals surface area contributed by atoms with Crippen molar-refractivity contribution >= 4 is 17.3 Å². The number of piperidine rings is 1. The largest absolute Gasteiger partial charge is 0.416 e. The molecule has 0 N–H and O–H groups in total. The fourth-order valence-corrected chi connectivity index (χ4v) is 5.87. The molecule has 164 valence electrons. The van der Waals surface area contributed by atoms with Gasteiger partial charge in [-0.25, -0.2) is 4.39 Å². The molecule has 2 saturated heterocycles. The molecule has 0 radical (unpaired) electrons. The van der Waals surface area contributed by atoms with Crippen LogP contribution in [0, 0.1) is 11.7 Å². The predicted molar refractivity (Wildman–Crippen MR) is 113 cm³/mol. The first-order valence-corrected chi connectivity index (χ1v) is 11.4. The molecule has 2 aromatic rings. The zero-order valence-corrected chi connectivity index (χ0v) is 17.8.